The Labute approximate surface area is 158 Å². The van der Waals surface area contributed by atoms with Crippen molar-refractivity contribution < 1.29 is 4.79 Å². The van der Waals surface area contributed by atoms with Gasteiger partial charge in [-0.25, -0.2) is 4.98 Å². The number of halogens is 2. The summed E-state index contributed by atoms with van der Waals surface area (Å²) in [6.45, 7) is 4.32. The highest BCUT2D eigenvalue weighted by atomic mass is 35.5. The quantitative estimate of drug-likeness (QED) is 0.542. The third kappa shape index (κ3) is 3.81. The highest BCUT2D eigenvalue weighted by Gasteiger charge is 2.16. The van der Waals surface area contributed by atoms with Crippen molar-refractivity contribution in [3.05, 3.63) is 55.5 Å². The predicted octanol–water partition coefficient (Wildman–Crippen LogP) is 6.55. The molecule has 0 aliphatic carbocycles. The number of carbonyl (C=O) groups is 1. The first-order valence-corrected chi connectivity index (χ1v) is 9.71. The number of benzene rings is 1. The van der Waals surface area contributed by atoms with Crippen LogP contribution in [0, 0.1) is 0 Å². The molecule has 0 spiro atoms. The van der Waals surface area contributed by atoms with Crippen molar-refractivity contribution in [2.24, 2.45) is 0 Å². The van der Waals surface area contributed by atoms with Gasteiger partial charge in [-0.15, -0.1) is 22.7 Å². The van der Waals surface area contributed by atoms with Gasteiger partial charge in [0.15, 0.2) is 5.13 Å². The standard InChI is InChI=1S/C17H14Cl2N2OS2/c1-9(2)10-3-5-11(6-4-10)13-8-23-17(20-13)21-16(22)12-7-14(18)24-15(12)19/h3-9H,1-2H3,(H,20,21,22). The first-order valence-electron chi connectivity index (χ1n) is 7.26. The number of thiophene rings is 1. The molecule has 0 aliphatic heterocycles. The van der Waals surface area contributed by atoms with Gasteiger partial charge in [0.25, 0.3) is 5.91 Å². The van der Waals surface area contributed by atoms with Crippen molar-refractivity contribution in [2.45, 2.75) is 19.8 Å². The molecule has 0 unspecified atom stereocenters. The number of amides is 1. The Hall–Kier alpha value is -1.40. The molecule has 1 amide bonds. The SMILES string of the molecule is CC(C)c1ccc(-c2csc(NC(=O)c3cc(Cl)sc3Cl)n2)cc1. The van der Waals surface area contributed by atoms with E-state index in [2.05, 4.69) is 36.3 Å². The molecule has 1 aromatic carbocycles. The van der Waals surface area contributed by atoms with Crippen LogP contribution in [0.3, 0.4) is 0 Å². The van der Waals surface area contributed by atoms with E-state index >= 15 is 0 Å². The normalized spacial score (nSPS) is 11.0. The maximum Gasteiger partial charge on any atom is 0.259 e. The minimum Gasteiger partial charge on any atom is -0.298 e. The maximum atomic E-state index is 12.2. The zero-order valence-electron chi connectivity index (χ0n) is 13.0. The first-order chi connectivity index (χ1) is 11.4. The Morgan fingerprint density at radius 2 is 1.92 bits per heavy atom. The van der Waals surface area contributed by atoms with Crippen LogP contribution in [0.2, 0.25) is 8.67 Å². The molecule has 0 radical (unpaired) electrons. The molecule has 0 bridgehead atoms. The van der Waals surface area contributed by atoms with Gasteiger partial charge in [-0.2, -0.15) is 0 Å². The monoisotopic (exact) mass is 396 g/mol. The van der Waals surface area contributed by atoms with Gasteiger partial charge in [0.1, 0.15) is 4.34 Å². The molecule has 2 aromatic heterocycles. The van der Waals surface area contributed by atoms with Gasteiger partial charge in [0.2, 0.25) is 0 Å². The first kappa shape index (κ1) is 17.4. The Kier molecular flexibility index (Phi) is 5.25. The van der Waals surface area contributed by atoms with Crippen LogP contribution in [0.25, 0.3) is 11.3 Å². The number of carbonyl (C=O) groups excluding carboxylic acids is 1. The van der Waals surface area contributed by atoms with Gasteiger partial charge in [-0.05, 0) is 17.5 Å². The van der Waals surface area contributed by atoms with Crippen LogP contribution in [-0.2, 0) is 0 Å². The smallest absolute Gasteiger partial charge is 0.259 e. The van der Waals surface area contributed by atoms with Crippen molar-refractivity contribution in [3.8, 4) is 11.3 Å². The second-order valence-corrected chi connectivity index (χ2v) is 8.65. The summed E-state index contributed by atoms with van der Waals surface area (Å²) in [7, 11) is 0. The second kappa shape index (κ2) is 7.23. The highest BCUT2D eigenvalue weighted by Crippen LogP contribution is 2.32. The van der Waals surface area contributed by atoms with Gasteiger partial charge in [0, 0.05) is 10.9 Å². The van der Waals surface area contributed by atoms with E-state index < -0.39 is 0 Å². The van der Waals surface area contributed by atoms with Gasteiger partial charge >= 0.3 is 0 Å². The summed E-state index contributed by atoms with van der Waals surface area (Å²) >= 11 is 14.4. The lowest BCUT2D eigenvalue weighted by Gasteiger charge is -2.05. The molecule has 0 aliphatic rings. The lowest BCUT2D eigenvalue weighted by Crippen LogP contribution is -2.11. The average molecular weight is 397 g/mol. The lowest BCUT2D eigenvalue weighted by atomic mass is 10.0. The Morgan fingerprint density at radius 1 is 1.21 bits per heavy atom. The maximum absolute atomic E-state index is 12.2. The molecule has 0 saturated heterocycles. The van der Waals surface area contributed by atoms with Crippen molar-refractivity contribution in [2.75, 3.05) is 5.32 Å². The predicted molar refractivity (Wildman–Crippen MR) is 104 cm³/mol. The Morgan fingerprint density at radius 3 is 2.50 bits per heavy atom. The van der Waals surface area contributed by atoms with Crippen LogP contribution in [0.1, 0.15) is 35.7 Å². The summed E-state index contributed by atoms with van der Waals surface area (Å²) < 4.78 is 0.855. The van der Waals surface area contributed by atoms with Gasteiger partial charge in [-0.3, -0.25) is 10.1 Å². The fraction of sp³-hybridized carbons (Fsp3) is 0.176. The number of nitrogens with zero attached hydrogens (tertiary/aromatic N) is 1. The van der Waals surface area contributed by atoms with Crippen molar-refractivity contribution in [1.29, 1.82) is 0 Å². The molecule has 24 heavy (non-hydrogen) atoms. The third-order valence-corrected chi connectivity index (χ3v) is 5.74. The van der Waals surface area contributed by atoms with E-state index in [4.69, 9.17) is 23.2 Å². The highest BCUT2D eigenvalue weighted by molar-refractivity contribution is 7.20. The molecule has 0 saturated carbocycles. The molecule has 3 nitrogen and oxygen atoms in total. The molecule has 0 atom stereocenters. The summed E-state index contributed by atoms with van der Waals surface area (Å²) in [5.74, 6) is 0.186. The van der Waals surface area contributed by atoms with E-state index in [1.807, 2.05) is 17.5 Å². The summed E-state index contributed by atoms with van der Waals surface area (Å²) in [5, 5.41) is 5.21. The van der Waals surface area contributed by atoms with Crippen LogP contribution in [0.5, 0.6) is 0 Å². The number of aromatic nitrogens is 1. The van der Waals surface area contributed by atoms with Gasteiger partial charge < -0.3 is 0 Å². The molecular formula is C17H14Cl2N2OS2. The molecule has 3 rings (SSSR count). The molecule has 2 heterocycles. The van der Waals surface area contributed by atoms with Crippen LogP contribution < -0.4 is 5.32 Å². The van der Waals surface area contributed by atoms with E-state index in [0.717, 1.165) is 11.3 Å². The van der Waals surface area contributed by atoms with E-state index in [0.29, 0.717) is 25.3 Å². The molecular weight excluding hydrogens is 383 g/mol. The number of rotatable bonds is 4. The third-order valence-electron chi connectivity index (χ3n) is 3.50. The van der Waals surface area contributed by atoms with Crippen LogP contribution in [0.15, 0.2) is 35.7 Å². The van der Waals surface area contributed by atoms with Crippen molar-refractivity contribution >= 4 is 56.9 Å². The lowest BCUT2D eigenvalue weighted by molar-refractivity contribution is 0.102. The number of anilines is 1. The zero-order chi connectivity index (χ0) is 17.3. The molecule has 0 fully saturated rings. The minimum atomic E-state index is -0.306. The number of hydrogen-bond donors (Lipinski definition) is 1. The fourth-order valence-electron chi connectivity index (χ4n) is 2.16. The Bertz CT molecular complexity index is 869. The summed E-state index contributed by atoms with van der Waals surface area (Å²) in [6, 6.07) is 9.86. The molecule has 1 N–H and O–H groups in total. The molecule has 7 heteroatoms. The number of thiazole rings is 1. The van der Waals surface area contributed by atoms with Crippen LogP contribution in [0.4, 0.5) is 5.13 Å². The van der Waals surface area contributed by atoms with E-state index in [9.17, 15) is 4.79 Å². The summed E-state index contributed by atoms with van der Waals surface area (Å²) in [4.78, 5) is 16.7. The summed E-state index contributed by atoms with van der Waals surface area (Å²) in [5.41, 5.74) is 3.50. The van der Waals surface area contributed by atoms with Gasteiger partial charge in [0.05, 0.1) is 15.6 Å². The average Bonchev–Trinajstić information content (AvgIpc) is 3.13. The Balaban J connectivity index is 1.76. The minimum absolute atomic E-state index is 0.306. The fourth-order valence-corrected chi connectivity index (χ4v) is 4.34. The summed E-state index contributed by atoms with van der Waals surface area (Å²) in [6.07, 6.45) is 0. The van der Waals surface area contributed by atoms with Crippen molar-refractivity contribution in [1.82, 2.24) is 4.98 Å². The van der Waals surface area contributed by atoms with E-state index in [1.165, 1.54) is 28.2 Å². The van der Waals surface area contributed by atoms with E-state index in [1.54, 1.807) is 6.07 Å². The van der Waals surface area contributed by atoms with E-state index in [-0.39, 0.29) is 5.91 Å². The zero-order valence-corrected chi connectivity index (χ0v) is 16.1. The van der Waals surface area contributed by atoms with Gasteiger partial charge in [-0.1, -0.05) is 61.3 Å². The molecule has 124 valence electrons. The van der Waals surface area contributed by atoms with Crippen LogP contribution in [-0.4, -0.2) is 10.9 Å². The van der Waals surface area contributed by atoms with Crippen LogP contribution >= 0.6 is 45.9 Å². The number of hydrogen-bond acceptors (Lipinski definition) is 4. The topological polar surface area (TPSA) is 42.0 Å². The number of nitrogens with one attached hydrogen (secondary N) is 1. The molecule has 3 aromatic rings. The van der Waals surface area contributed by atoms with Crippen molar-refractivity contribution in [3.63, 3.8) is 0 Å². The second-order valence-electron chi connectivity index (χ2n) is 5.51. The largest absolute Gasteiger partial charge is 0.298 e.